The van der Waals surface area contributed by atoms with Gasteiger partial charge in [0.1, 0.15) is 11.0 Å². The second-order valence-electron chi connectivity index (χ2n) is 6.98. The predicted molar refractivity (Wildman–Crippen MR) is 97.6 cm³/mol. The fraction of sp³-hybridized carbons (Fsp3) is 0.500. The lowest BCUT2D eigenvalue weighted by atomic mass is 9.88. The van der Waals surface area contributed by atoms with E-state index >= 15 is 0 Å². The zero-order valence-electron chi connectivity index (χ0n) is 14.7. The first kappa shape index (κ1) is 17.0. The van der Waals surface area contributed by atoms with Crippen molar-refractivity contribution in [3.8, 4) is 0 Å². The van der Waals surface area contributed by atoms with Crippen LogP contribution in [0.2, 0.25) is 5.15 Å². The van der Waals surface area contributed by atoms with Gasteiger partial charge in [0, 0.05) is 44.5 Å². The molecular formula is C18H23ClN4O. The molecule has 0 aliphatic carbocycles. The van der Waals surface area contributed by atoms with Gasteiger partial charge in [-0.15, -0.1) is 0 Å². The zero-order chi connectivity index (χ0) is 17.6. The van der Waals surface area contributed by atoms with Crippen molar-refractivity contribution >= 4 is 34.1 Å². The van der Waals surface area contributed by atoms with Gasteiger partial charge in [-0.25, -0.2) is 9.97 Å². The minimum absolute atomic E-state index is 0.0156. The lowest BCUT2D eigenvalue weighted by Crippen LogP contribution is -2.60. The van der Waals surface area contributed by atoms with Crippen molar-refractivity contribution in [2.24, 2.45) is 5.92 Å². The highest BCUT2D eigenvalue weighted by Gasteiger charge is 2.42. The van der Waals surface area contributed by atoms with Crippen LogP contribution >= 0.6 is 11.6 Å². The third-order valence-electron chi connectivity index (χ3n) is 4.87. The van der Waals surface area contributed by atoms with Gasteiger partial charge in [-0.2, -0.15) is 0 Å². The topological polar surface area (TPSA) is 49.3 Å². The van der Waals surface area contributed by atoms with Crippen LogP contribution < -0.4 is 4.90 Å². The predicted octanol–water partition coefficient (Wildman–Crippen LogP) is 3.32. The molecule has 1 saturated heterocycles. The van der Waals surface area contributed by atoms with Gasteiger partial charge >= 0.3 is 0 Å². The van der Waals surface area contributed by atoms with Crippen LogP contribution in [0.1, 0.15) is 32.3 Å². The number of nitrogens with zero attached hydrogens (tertiary/aromatic N) is 4. The lowest BCUT2D eigenvalue weighted by molar-refractivity contribution is -0.135. The standard InChI is InChI=1S/C18H23ClN4O/c1-10(2)13-7-21-17(14-8-20-16(19)6-12(13)14)23-9-15(11(23)3)18(24)22(4)5/h6-8,10-11,15H,9H2,1-5H3/t11-,15+/m1/s1. The SMILES string of the molecule is CC(C)c1cnc(N2C[C@H](C(=O)N(C)C)[C@H]2C)c2cnc(Cl)cc12. The molecule has 1 fully saturated rings. The maximum Gasteiger partial charge on any atom is 0.229 e. The molecule has 6 heteroatoms. The molecule has 0 N–H and O–H groups in total. The highest BCUT2D eigenvalue weighted by Crippen LogP contribution is 2.37. The fourth-order valence-electron chi connectivity index (χ4n) is 3.31. The minimum Gasteiger partial charge on any atom is -0.352 e. The maximum absolute atomic E-state index is 12.2. The summed E-state index contributed by atoms with van der Waals surface area (Å²) >= 11 is 6.11. The molecule has 3 heterocycles. The average molecular weight is 347 g/mol. The second-order valence-corrected chi connectivity index (χ2v) is 7.36. The molecule has 0 aromatic carbocycles. The molecule has 0 spiro atoms. The van der Waals surface area contributed by atoms with Gasteiger partial charge in [0.05, 0.1) is 5.92 Å². The van der Waals surface area contributed by atoms with Crippen LogP contribution in [0, 0.1) is 5.92 Å². The molecule has 24 heavy (non-hydrogen) atoms. The number of amides is 1. The van der Waals surface area contributed by atoms with Crippen LogP contribution in [0.15, 0.2) is 18.5 Å². The Labute approximate surface area is 147 Å². The third kappa shape index (κ3) is 2.71. The Balaban J connectivity index is 2.00. The van der Waals surface area contributed by atoms with Crippen molar-refractivity contribution < 1.29 is 4.79 Å². The number of rotatable bonds is 3. The molecule has 2 aromatic rings. The van der Waals surface area contributed by atoms with E-state index in [2.05, 4.69) is 35.6 Å². The maximum atomic E-state index is 12.2. The van der Waals surface area contributed by atoms with E-state index in [1.807, 2.05) is 12.3 Å². The summed E-state index contributed by atoms with van der Waals surface area (Å²) in [6.45, 7) is 7.04. The van der Waals surface area contributed by atoms with Gasteiger partial charge < -0.3 is 9.80 Å². The molecular weight excluding hydrogens is 324 g/mol. The summed E-state index contributed by atoms with van der Waals surface area (Å²) in [6, 6.07) is 2.03. The van der Waals surface area contributed by atoms with E-state index < -0.39 is 0 Å². The largest absolute Gasteiger partial charge is 0.352 e. The van der Waals surface area contributed by atoms with Crippen molar-refractivity contribution in [1.82, 2.24) is 14.9 Å². The van der Waals surface area contributed by atoms with Gasteiger partial charge in [-0.3, -0.25) is 4.79 Å². The molecule has 1 aliphatic rings. The van der Waals surface area contributed by atoms with E-state index in [9.17, 15) is 4.79 Å². The fourth-order valence-corrected chi connectivity index (χ4v) is 3.47. The van der Waals surface area contributed by atoms with Gasteiger partial charge in [0.25, 0.3) is 0 Å². The Bertz CT molecular complexity index is 790. The number of hydrogen-bond donors (Lipinski definition) is 0. The number of fused-ring (bicyclic) bond motifs is 1. The van der Waals surface area contributed by atoms with Crippen LogP contribution in [-0.4, -0.2) is 47.5 Å². The third-order valence-corrected chi connectivity index (χ3v) is 5.07. The van der Waals surface area contributed by atoms with Crippen LogP contribution in [-0.2, 0) is 4.79 Å². The summed E-state index contributed by atoms with van der Waals surface area (Å²) in [6.07, 6.45) is 3.71. The lowest BCUT2D eigenvalue weighted by Gasteiger charge is -2.47. The summed E-state index contributed by atoms with van der Waals surface area (Å²) in [5.74, 6) is 1.42. The van der Waals surface area contributed by atoms with Crippen LogP contribution in [0.5, 0.6) is 0 Å². The van der Waals surface area contributed by atoms with E-state index in [4.69, 9.17) is 11.6 Å². The number of aromatic nitrogens is 2. The van der Waals surface area contributed by atoms with Crippen molar-refractivity contribution in [2.45, 2.75) is 32.7 Å². The van der Waals surface area contributed by atoms with E-state index in [1.54, 1.807) is 25.2 Å². The number of hydrogen-bond acceptors (Lipinski definition) is 4. The van der Waals surface area contributed by atoms with Crippen LogP contribution in [0.4, 0.5) is 5.82 Å². The van der Waals surface area contributed by atoms with E-state index in [0.29, 0.717) is 17.6 Å². The van der Waals surface area contributed by atoms with Crippen molar-refractivity contribution in [3.05, 3.63) is 29.2 Å². The average Bonchev–Trinajstić information content (AvgIpc) is 2.52. The van der Waals surface area contributed by atoms with E-state index in [1.165, 1.54) is 0 Å². The molecule has 2 atom stereocenters. The highest BCUT2D eigenvalue weighted by molar-refractivity contribution is 6.30. The quantitative estimate of drug-likeness (QED) is 0.800. The smallest absolute Gasteiger partial charge is 0.229 e. The zero-order valence-corrected chi connectivity index (χ0v) is 15.5. The van der Waals surface area contributed by atoms with Crippen molar-refractivity contribution in [1.29, 1.82) is 0 Å². The Kier molecular flexibility index (Phi) is 4.38. The molecule has 128 valence electrons. The number of anilines is 1. The molecule has 1 amide bonds. The van der Waals surface area contributed by atoms with Gasteiger partial charge in [-0.05, 0) is 29.9 Å². The molecule has 1 aliphatic heterocycles. The first-order chi connectivity index (χ1) is 11.3. The molecule has 3 rings (SSSR count). The second kappa shape index (κ2) is 6.20. The van der Waals surface area contributed by atoms with Gasteiger partial charge in [0.15, 0.2) is 0 Å². The Morgan fingerprint density at radius 3 is 2.58 bits per heavy atom. The van der Waals surface area contributed by atoms with Crippen molar-refractivity contribution in [3.63, 3.8) is 0 Å². The number of carbonyl (C=O) groups is 1. The summed E-state index contributed by atoms with van der Waals surface area (Å²) in [7, 11) is 3.60. The Morgan fingerprint density at radius 2 is 2.00 bits per heavy atom. The first-order valence-electron chi connectivity index (χ1n) is 8.23. The molecule has 0 saturated carbocycles. The minimum atomic E-state index is 0.0156. The normalized spacial score (nSPS) is 20.4. The highest BCUT2D eigenvalue weighted by atomic mass is 35.5. The summed E-state index contributed by atoms with van der Waals surface area (Å²) in [5, 5.41) is 2.57. The summed E-state index contributed by atoms with van der Waals surface area (Å²) in [4.78, 5) is 25.0. The molecule has 0 radical (unpaired) electrons. The van der Waals surface area contributed by atoms with E-state index in [-0.39, 0.29) is 17.9 Å². The molecule has 0 unspecified atom stereocenters. The number of carbonyl (C=O) groups excluding carboxylic acids is 1. The Hall–Kier alpha value is -1.88. The van der Waals surface area contributed by atoms with Crippen LogP contribution in [0.25, 0.3) is 10.8 Å². The van der Waals surface area contributed by atoms with Crippen LogP contribution in [0.3, 0.4) is 0 Å². The monoisotopic (exact) mass is 346 g/mol. The van der Waals surface area contributed by atoms with Gasteiger partial charge in [-0.1, -0.05) is 25.4 Å². The summed E-state index contributed by atoms with van der Waals surface area (Å²) in [5.41, 5.74) is 1.16. The number of pyridine rings is 2. The van der Waals surface area contributed by atoms with Gasteiger partial charge in [0.2, 0.25) is 5.91 Å². The molecule has 0 bridgehead atoms. The summed E-state index contributed by atoms with van der Waals surface area (Å²) < 4.78 is 0. The molecule has 5 nitrogen and oxygen atoms in total. The van der Waals surface area contributed by atoms with Crippen molar-refractivity contribution in [2.75, 3.05) is 25.5 Å². The Morgan fingerprint density at radius 1 is 1.29 bits per heavy atom. The number of halogens is 1. The van der Waals surface area contributed by atoms with E-state index in [0.717, 1.165) is 22.2 Å². The molecule has 2 aromatic heterocycles. The first-order valence-corrected chi connectivity index (χ1v) is 8.61.